The maximum absolute atomic E-state index is 12.8. The molecular formula is C26H28N4O5. The van der Waals surface area contributed by atoms with E-state index in [1.54, 1.807) is 14.0 Å². The van der Waals surface area contributed by atoms with Gasteiger partial charge in [0.05, 0.1) is 19.2 Å². The Hall–Kier alpha value is -4.14. The second kappa shape index (κ2) is 10.4. The average molecular weight is 477 g/mol. The molecule has 0 aliphatic heterocycles. The van der Waals surface area contributed by atoms with E-state index in [2.05, 4.69) is 40.0 Å². The molecule has 0 spiro atoms. The summed E-state index contributed by atoms with van der Waals surface area (Å²) in [6, 6.07) is 15.7. The third kappa shape index (κ3) is 5.18. The molecule has 1 atom stereocenters. The van der Waals surface area contributed by atoms with Gasteiger partial charge < -0.3 is 20.5 Å². The molecule has 9 nitrogen and oxygen atoms in total. The first kappa shape index (κ1) is 24.0. The number of rotatable bonds is 9. The minimum absolute atomic E-state index is 0.0446. The van der Waals surface area contributed by atoms with Gasteiger partial charge in [0.2, 0.25) is 0 Å². The van der Waals surface area contributed by atoms with Crippen molar-refractivity contribution in [2.45, 2.75) is 38.3 Å². The van der Waals surface area contributed by atoms with E-state index < -0.39 is 24.0 Å². The molecule has 2 aromatic carbocycles. The predicted octanol–water partition coefficient (Wildman–Crippen LogP) is 3.44. The van der Waals surface area contributed by atoms with Gasteiger partial charge in [-0.05, 0) is 28.7 Å². The number of aliphatic carboxylic acids is 1. The Morgan fingerprint density at radius 1 is 1.09 bits per heavy atom. The van der Waals surface area contributed by atoms with Gasteiger partial charge in [-0.3, -0.25) is 14.3 Å². The third-order valence-electron chi connectivity index (χ3n) is 6.25. The number of fused-ring (bicyclic) bond motifs is 3. The Balaban J connectivity index is 1.37. The summed E-state index contributed by atoms with van der Waals surface area (Å²) in [5.74, 6) is -1.48. The molecule has 182 valence electrons. The fraction of sp³-hybridized carbons (Fsp3) is 0.308. The average Bonchev–Trinajstić information content (AvgIpc) is 3.38. The van der Waals surface area contributed by atoms with Crippen molar-refractivity contribution in [3.05, 3.63) is 77.1 Å². The van der Waals surface area contributed by atoms with E-state index >= 15 is 0 Å². The Morgan fingerprint density at radius 2 is 1.71 bits per heavy atom. The van der Waals surface area contributed by atoms with Crippen molar-refractivity contribution < 1.29 is 24.2 Å². The van der Waals surface area contributed by atoms with Crippen LogP contribution in [-0.4, -0.2) is 45.5 Å². The van der Waals surface area contributed by atoms with E-state index in [1.807, 2.05) is 24.3 Å². The number of hydrogen-bond donors (Lipinski definition) is 3. The molecule has 3 aromatic rings. The highest BCUT2D eigenvalue weighted by Crippen LogP contribution is 2.44. The SMILES string of the molecule is CC[C@@H](CC(=O)O)NC(=O)c1c(CNC(=O)OCC2c3ccccc3-c3ccccc32)cnn1C. The van der Waals surface area contributed by atoms with Crippen molar-refractivity contribution in [3.63, 3.8) is 0 Å². The molecule has 0 saturated heterocycles. The van der Waals surface area contributed by atoms with E-state index in [0.717, 1.165) is 22.3 Å². The lowest BCUT2D eigenvalue weighted by molar-refractivity contribution is -0.137. The number of carboxylic acids is 1. The predicted molar refractivity (Wildman–Crippen MR) is 129 cm³/mol. The van der Waals surface area contributed by atoms with Crippen LogP contribution in [0.1, 0.15) is 52.9 Å². The molecule has 1 heterocycles. The van der Waals surface area contributed by atoms with Gasteiger partial charge in [0.15, 0.2) is 0 Å². The largest absolute Gasteiger partial charge is 0.481 e. The normalized spacial score (nSPS) is 13.0. The number of amides is 2. The molecule has 9 heteroatoms. The number of ether oxygens (including phenoxy) is 1. The summed E-state index contributed by atoms with van der Waals surface area (Å²) >= 11 is 0. The van der Waals surface area contributed by atoms with Gasteiger partial charge in [0, 0.05) is 24.6 Å². The number of aryl methyl sites for hydroxylation is 1. The van der Waals surface area contributed by atoms with E-state index in [-0.39, 0.29) is 31.2 Å². The number of carboxylic acid groups (broad SMARTS) is 1. The van der Waals surface area contributed by atoms with Crippen LogP contribution in [0, 0.1) is 0 Å². The van der Waals surface area contributed by atoms with Gasteiger partial charge in [-0.1, -0.05) is 55.5 Å². The van der Waals surface area contributed by atoms with Gasteiger partial charge in [-0.25, -0.2) is 4.79 Å². The molecule has 35 heavy (non-hydrogen) atoms. The van der Waals surface area contributed by atoms with Gasteiger partial charge in [-0.2, -0.15) is 5.10 Å². The second-order valence-corrected chi connectivity index (χ2v) is 8.50. The van der Waals surface area contributed by atoms with Crippen LogP contribution >= 0.6 is 0 Å². The number of aromatic nitrogens is 2. The first-order chi connectivity index (χ1) is 16.9. The maximum atomic E-state index is 12.8. The summed E-state index contributed by atoms with van der Waals surface area (Å²) in [5.41, 5.74) is 5.31. The number of carbonyl (C=O) groups is 3. The molecule has 1 aromatic heterocycles. The van der Waals surface area contributed by atoms with Crippen LogP contribution in [0.4, 0.5) is 4.79 Å². The first-order valence-corrected chi connectivity index (χ1v) is 11.5. The fourth-order valence-electron chi connectivity index (χ4n) is 4.48. The molecule has 3 N–H and O–H groups in total. The van der Waals surface area contributed by atoms with Crippen LogP contribution in [0.5, 0.6) is 0 Å². The molecule has 1 aliphatic rings. The molecule has 1 aliphatic carbocycles. The summed E-state index contributed by atoms with van der Waals surface area (Å²) in [6.07, 6.45) is 1.20. The van der Waals surface area contributed by atoms with Gasteiger partial charge in [-0.15, -0.1) is 0 Å². The second-order valence-electron chi connectivity index (χ2n) is 8.50. The summed E-state index contributed by atoms with van der Waals surface area (Å²) in [4.78, 5) is 36.3. The van der Waals surface area contributed by atoms with Crippen molar-refractivity contribution in [1.29, 1.82) is 0 Å². The van der Waals surface area contributed by atoms with E-state index in [1.165, 1.54) is 10.9 Å². The zero-order valence-corrected chi connectivity index (χ0v) is 19.7. The smallest absolute Gasteiger partial charge is 0.407 e. The summed E-state index contributed by atoms with van der Waals surface area (Å²) in [7, 11) is 1.61. The lowest BCUT2D eigenvalue weighted by Crippen LogP contribution is -2.37. The molecule has 0 bridgehead atoms. The fourth-order valence-corrected chi connectivity index (χ4v) is 4.48. The topological polar surface area (TPSA) is 123 Å². The van der Waals surface area contributed by atoms with Crippen molar-refractivity contribution >= 4 is 18.0 Å². The number of alkyl carbamates (subject to hydrolysis) is 1. The van der Waals surface area contributed by atoms with E-state index in [9.17, 15) is 14.4 Å². The standard InChI is InChI=1S/C26H28N4O5/c1-3-17(12-23(31)32)29-25(33)24-16(14-28-30(24)2)13-27-26(34)35-15-22-20-10-6-4-8-18(20)19-9-5-7-11-21(19)22/h4-11,14,17,22H,3,12-13,15H2,1-2H3,(H,27,34)(H,29,33)(H,31,32)/t17-/m0/s1. The minimum atomic E-state index is -0.987. The highest BCUT2D eigenvalue weighted by atomic mass is 16.5. The van der Waals surface area contributed by atoms with Crippen molar-refractivity contribution in [2.75, 3.05) is 6.61 Å². The van der Waals surface area contributed by atoms with Crippen LogP contribution in [0.25, 0.3) is 11.1 Å². The van der Waals surface area contributed by atoms with E-state index in [4.69, 9.17) is 9.84 Å². The Bertz CT molecular complexity index is 1210. The quantitative estimate of drug-likeness (QED) is 0.435. The number of carbonyl (C=O) groups excluding carboxylic acids is 2. The zero-order chi connectivity index (χ0) is 24.9. The Labute approximate surface area is 203 Å². The molecule has 0 unspecified atom stereocenters. The maximum Gasteiger partial charge on any atom is 0.407 e. The minimum Gasteiger partial charge on any atom is -0.481 e. The Kier molecular flexibility index (Phi) is 7.14. The highest BCUT2D eigenvalue weighted by molar-refractivity contribution is 5.94. The zero-order valence-electron chi connectivity index (χ0n) is 19.7. The highest BCUT2D eigenvalue weighted by Gasteiger charge is 2.29. The Morgan fingerprint density at radius 3 is 2.31 bits per heavy atom. The van der Waals surface area contributed by atoms with Gasteiger partial charge >= 0.3 is 12.1 Å². The van der Waals surface area contributed by atoms with Crippen molar-refractivity contribution in [2.24, 2.45) is 7.05 Å². The first-order valence-electron chi connectivity index (χ1n) is 11.5. The van der Waals surface area contributed by atoms with Crippen LogP contribution < -0.4 is 10.6 Å². The van der Waals surface area contributed by atoms with Crippen LogP contribution in [0.15, 0.2) is 54.7 Å². The summed E-state index contributed by atoms with van der Waals surface area (Å²) in [6.45, 7) is 2.04. The van der Waals surface area contributed by atoms with Crippen LogP contribution in [0.3, 0.4) is 0 Å². The molecule has 2 amide bonds. The van der Waals surface area contributed by atoms with E-state index in [0.29, 0.717) is 12.0 Å². The summed E-state index contributed by atoms with van der Waals surface area (Å²) in [5, 5.41) is 18.6. The molecular weight excluding hydrogens is 448 g/mol. The molecule has 0 radical (unpaired) electrons. The van der Waals surface area contributed by atoms with Crippen LogP contribution in [0.2, 0.25) is 0 Å². The van der Waals surface area contributed by atoms with Gasteiger partial charge in [0.1, 0.15) is 12.3 Å². The number of benzene rings is 2. The molecule has 4 rings (SSSR count). The lowest BCUT2D eigenvalue weighted by atomic mass is 9.98. The summed E-state index contributed by atoms with van der Waals surface area (Å²) < 4.78 is 6.95. The molecule has 0 fully saturated rings. The monoisotopic (exact) mass is 476 g/mol. The molecule has 0 saturated carbocycles. The third-order valence-corrected chi connectivity index (χ3v) is 6.25. The van der Waals surface area contributed by atoms with Gasteiger partial charge in [0.25, 0.3) is 5.91 Å². The van der Waals surface area contributed by atoms with Crippen molar-refractivity contribution in [1.82, 2.24) is 20.4 Å². The number of nitrogens with one attached hydrogen (secondary N) is 2. The lowest BCUT2D eigenvalue weighted by Gasteiger charge is -2.16. The van der Waals surface area contributed by atoms with Crippen LogP contribution in [-0.2, 0) is 23.1 Å². The number of nitrogens with zero attached hydrogens (tertiary/aromatic N) is 2. The van der Waals surface area contributed by atoms with Crippen molar-refractivity contribution in [3.8, 4) is 11.1 Å². The number of hydrogen-bond acceptors (Lipinski definition) is 5.